The number of para-hydroxylation sites is 2. The normalized spacial score (nSPS) is 11.2. The maximum atomic E-state index is 4.58. The van der Waals surface area contributed by atoms with Gasteiger partial charge in [0, 0.05) is 6.20 Å². The van der Waals surface area contributed by atoms with Gasteiger partial charge in [-0.2, -0.15) is 5.10 Å². The summed E-state index contributed by atoms with van der Waals surface area (Å²) in [6.07, 6.45) is 3.47. The van der Waals surface area contributed by atoms with Gasteiger partial charge in [-0.05, 0) is 24.3 Å². The molecule has 0 bridgehead atoms. The van der Waals surface area contributed by atoms with Crippen LogP contribution in [-0.4, -0.2) is 25.1 Å². The van der Waals surface area contributed by atoms with E-state index in [1.807, 2.05) is 36.4 Å². The van der Waals surface area contributed by atoms with E-state index in [9.17, 15) is 0 Å². The predicted octanol–water partition coefficient (Wildman–Crippen LogP) is 2.57. The first-order chi connectivity index (χ1) is 9.42. The van der Waals surface area contributed by atoms with Crippen molar-refractivity contribution in [3.8, 4) is 11.4 Å². The van der Waals surface area contributed by atoms with Crippen molar-refractivity contribution in [2.75, 3.05) is 0 Å². The number of nitrogens with one attached hydrogen (secondary N) is 1. The van der Waals surface area contributed by atoms with Crippen molar-refractivity contribution >= 4 is 22.1 Å². The number of pyridine rings is 1. The molecule has 0 saturated carbocycles. The third-order valence-corrected chi connectivity index (χ3v) is 3.01. The van der Waals surface area contributed by atoms with E-state index in [1.165, 1.54) is 0 Å². The number of rotatable bonds is 1. The molecule has 0 radical (unpaired) electrons. The lowest BCUT2D eigenvalue weighted by Crippen LogP contribution is -1.89. The second-order valence-corrected chi connectivity index (χ2v) is 4.22. The topological polar surface area (TPSA) is 67.3 Å². The maximum Gasteiger partial charge on any atom is 0.138 e. The molecule has 90 valence electrons. The van der Waals surface area contributed by atoms with Gasteiger partial charge in [-0.25, -0.2) is 4.98 Å². The minimum absolute atomic E-state index is 0.726. The van der Waals surface area contributed by atoms with Crippen LogP contribution in [0.2, 0.25) is 0 Å². The van der Waals surface area contributed by atoms with E-state index in [2.05, 4.69) is 25.1 Å². The smallest absolute Gasteiger partial charge is 0.138 e. The van der Waals surface area contributed by atoms with Gasteiger partial charge in [-0.1, -0.05) is 12.1 Å². The zero-order chi connectivity index (χ0) is 12.7. The molecule has 3 heterocycles. The number of nitrogens with zero attached hydrogens (tertiary/aromatic N) is 4. The second kappa shape index (κ2) is 3.84. The van der Waals surface area contributed by atoms with Crippen LogP contribution in [0.5, 0.6) is 0 Å². The molecule has 4 aromatic rings. The highest BCUT2D eigenvalue weighted by atomic mass is 15.1. The summed E-state index contributed by atoms with van der Waals surface area (Å²) in [5, 5.41) is 7.24. The Hall–Kier alpha value is -2.82. The monoisotopic (exact) mass is 247 g/mol. The van der Waals surface area contributed by atoms with Gasteiger partial charge in [0.15, 0.2) is 0 Å². The Kier molecular flexibility index (Phi) is 2.05. The van der Waals surface area contributed by atoms with Crippen LogP contribution in [0.3, 0.4) is 0 Å². The Bertz CT molecular complexity index is 881. The number of H-pyrrole nitrogens is 1. The van der Waals surface area contributed by atoms with Gasteiger partial charge in [0.25, 0.3) is 0 Å². The zero-order valence-electron chi connectivity index (χ0n) is 9.91. The molecule has 0 aliphatic rings. The highest BCUT2D eigenvalue weighted by Crippen LogP contribution is 2.23. The highest BCUT2D eigenvalue weighted by Gasteiger charge is 2.11. The third kappa shape index (κ3) is 1.55. The summed E-state index contributed by atoms with van der Waals surface area (Å²) >= 11 is 0. The van der Waals surface area contributed by atoms with E-state index in [-0.39, 0.29) is 0 Å². The third-order valence-electron chi connectivity index (χ3n) is 3.01. The molecular formula is C14H9N5. The Labute approximate surface area is 108 Å². The van der Waals surface area contributed by atoms with Crippen molar-refractivity contribution < 1.29 is 0 Å². The summed E-state index contributed by atoms with van der Waals surface area (Å²) in [6, 6.07) is 11.6. The molecule has 0 amide bonds. The number of hydrogen-bond acceptors (Lipinski definition) is 4. The van der Waals surface area contributed by atoms with Crippen molar-refractivity contribution in [3.63, 3.8) is 0 Å². The SMILES string of the molecule is c1ccc2nc(-c3n[nH]c4cccnc34)cnc2c1. The number of aromatic amines is 1. The average molecular weight is 247 g/mol. The van der Waals surface area contributed by atoms with Gasteiger partial charge < -0.3 is 0 Å². The fraction of sp³-hybridized carbons (Fsp3) is 0. The number of hydrogen-bond donors (Lipinski definition) is 1. The molecule has 0 aliphatic heterocycles. The van der Waals surface area contributed by atoms with Crippen LogP contribution >= 0.6 is 0 Å². The highest BCUT2D eigenvalue weighted by molar-refractivity contribution is 5.89. The lowest BCUT2D eigenvalue weighted by molar-refractivity contribution is 1.11. The number of fused-ring (bicyclic) bond motifs is 2. The molecular weight excluding hydrogens is 238 g/mol. The summed E-state index contributed by atoms with van der Waals surface area (Å²) in [6.45, 7) is 0. The molecule has 0 atom stereocenters. The average Bonchev–Trinajstić information content (AvgIpc) is 2.91. The van der Waals surface area contributed by atoms with Crippen LogP contribution in [0.15, 0.2) is 48.8 Å². The predicted molar refractivity (Wildman–Crippen MR) is 72.4 cm³/mol. The molecule has 0 aliphatic carbocycles. The first kappa shape index (κ1) is 10.1. The molecule has 5 nitrogen and oxygen atoms in total. The zero-order valence-corrected chi connectivity index (χ0v) is 9.91. The molecule has 3 aromatic heterocycles. The minimum atomic E-state index is 0.726. The molecule has 5 heteroatoms. The van der Waals surface area contributed by atoms with Gasteiger partial charge in [0.1, 0.15) is 16.9 Å². The minimum Gasteiger partial charge on any atom is -0.275 e. The second-order valence-electron chi connectivity index (χ2n) is 4.22. The largest absolute Gasteiger partial charge is 0.275 e. The molecule has 0 unspecified atom stereocenters. The Morgan fingerprint density at radius 2 is 1.79 bits per heavy atom. The van der Waals surface area contributed by atoms with E-state index < -0.39 is 0 Å². The summed E-state index contributed by atoms with van der Waals surface area (Å²) in [5.41, 5.74) is 4.89. The van der Waals surface area contributed by atoms with E-state index >= 15 is 0 Å². The van der Waals surface area contributed by atoms with Gasteiger partial charge in [-0.15, -0.1) is 0 Å². The summed E-state index contributed by atoms with van der Waals surface area (Å²) < 4.78 is 0. The lowest BCUT2D eigenvalue weighted by atomic mass is 10.2. The van der Waals surface area contributed by atoms with Crippen LogP contribution in [0.25, 0.3) is 33.5 Å². The van der Waals surface area contributed by atoms with Gasteiger partial charge >= 0.3 is 0 Å². The lowest BCUT2D eigenvalue weighted by Gasteiger charge is -1.99. The molecule has 0 saturated heterocycles. The quantitative estimate of drug-likeness (QED) is 0.561. The summed E-state index contributed by atoms with van der Waals surface area (Å²) in [4.78, 5) is 13.3. The first-order valence-corrected chi connectivity index (χ1v) is 5.93. The van der Waals surface area contributed by atoms with E-state index in [1.54, 1.807) is 12.4 Å². The van der Waals surface area contributed by atoms with Crippen LogP contribution < -0.4 is 0 Å². The van der Waals surface area contributed by atoms with Gasteiger partial charge in [-0.3, -0.25) is 15.1 Å². The van der Waals surface area contributed by atoms with E-state index in [4.69, 9.17) is 0 Å². The Morgan fingerprint density at radius 1 is 0.895 bits per heavy atom. The van der Waals surface area contributed by atoms with Crippen LogP contribution in [-0.2, 0) is 0 Å². The van der Waals surface area contributed by atoms with Crippen LogP contribution in [0.4, 0.5) is 0 Å². The number of benzene rings is 1. The maximum absolute atomic E-state index is 4.58. The van der Waals surface area contributed by atoms with Gasteiger partial charge in [0.05, 0.1) is 22.7 Å². The van der Waals surface area contributed by atoms with E-state index in [0.29, 0.717) is 0 Å². The number of aromatic nitrogens is 5. The van der Waals surface area contributed by atoms with Crippen molar-refractivity contribution in [2.24, 2.45) is 0 Å². The molecule has 0 spiro atoms. The van der Waals surface area contributed by atoms with Crippen molar-refractivity contribution in [3.05, 3.63) is 48.8 Å². The molecule has 4 rings (SSSR count). The summed E-state index contributed by atoms with van der Waals surface area (Å²) in [7, 11) is 0. The van der Waals surface area contributed by atoms with Crippen molar-refractivity contribution in [1.29, 1.82) is 0 Å². The van der Waals surface area contributed by atoms with E-state index in [0.717, 1.165) is 33.5 Å². The van der Waals surface area contributed by atoms with Crippen molar-refractivity contribution in [1.82, 2.24) is 25.1 Å². The molecule has 1 N–H and O–H groups in total. The summed E-state index contributed by atoms with van der Waals surface area (Å²) in [5.74, 6) is 0. The van der Waals surface area contributed by atoms with Crippen LogP contribution in [0, 0.1) is 0 Å². The molecule has 19 heavy (non-hydrogen) atoms. The fourth-order valence-electron chi connectivity index (χ4n) is 2.10. The fourth-order valence-corrected chi connectivity index (χ4v) is 2.10. The molecule has 1 aromatic carbocycles. The van der Waals surface area contributed by atoms with Crippen molar-refractivity contribution in [2.45, 2.75) is 0 Å². The standard InChI is InChI=1S/C14H9N5/c1-2-5-10-9(4-1)16-8-12(17-10)14-13-11(18-19-14)6-3-7-15-13/h1-8H,(H,18,19). The first-order valence-electron chi connectivity index (χ1n) is 5.93. The Balaban J connectivity index is 1.99. The Morgan fingerprint density at radius 3 is 2.74 bits per heavy atom. The molecule has 0 fully saturated rings. The van der Waals surface area contributed by atoms with Crippen LogP contribution in [0.1, 0.15) is 0 Å². The van der Waals surface area contributed by atoms with Gasteiger partial charge in [0.2, 0.25) is 0 Å².